The number of nitrogens with zero attached hydrogens (tertiary/aromatic N) is 2. The number of benzene rings is 3. The van der Waals surface area contributed by atoms with Crippen molar-refractivity contribution < 1.29 is 18.0 Å². The number of carbonyl (C=O) groups is 2. The fourth-order valence-corrected chi connectivity index (χ4v) is 7.10. The molecule has 3 aromatic rings. The topological polar surface area (TPSA) is 86.8 Å². The first-order valence-electron chi connectivity index (χ1n) is 15.1. The summed E-state index contributed by atoms with van der Waals surface area (Å²) in [7, 11) is -3.59. The molecule has 1 aliphatic rings. The van der Waals surface area contributed by atoms with Crippen molar-refractivity contribution in [3.05, 3.63) is 99.5 Å². The van der Waals surface area contributed by atoms with Gasteiger partial charge in [0.15, 0.2) is 0 Å². The van der Waals surface area contributed by atoms with Crippen LogP contribution in [-0.2, 0) is 32.6 Å². The Balaban J connectivity index is 1.61. The Morgan fingerprint density at radius 1 is 0.909 bits per heavy atom. The Morgan fingerprint density at radius 2 is 1.59 bits per heavy atom. The molecule has 0 spiro atoms. The summed E-state index contributed by atoms with van der Waals surface area (Å²) in [6.07, 6.45) is 6.98. The van der Waals surface area contributed by atoms with Crippen molar-refractivity contribution in [1.82, 2.24) is 10.2 Å². The first kappa shape index (κ1) is 33.8. The van der Waals surface area contributed by atoms with Crippen molar-refractivity contribution >= 4 is 50.7 Å². The van der Waals surface area contributed by atoms with E-state index in [1.165, 1.54) is 10.6 Å². The van der Waals surface area contributed by atoms with E-state index in [9.17, 15) is 18.0 Å². The minimum absolute atomic E-state index is 0.0568. The highest BCUT2D eigenvalue weighted by Crippen LogP contribution is 2.26. The third-order valence-electron chi connectivity index (χ3n) is 8.10. The highest BCUT2D eigenvalue weighted by Gasteiger charge is 2.32. The van der Waals surface area contributed by atoms with Crippen LogP contribution in [0, 0.1) is 6.92 Å². The van der Waals surface area contributed by atoms with Crippen LogP contribution in [0.1, 0.15) is 61.6 Å². The van der Waals surface area contributed by atoms with Gasteiger partial charge < -0.3 is 10.2 Å². The molecule has 10 heteroatoms. The summed E-state index contributed by atoms with van der Waals surface area (Å²) >= 11 is 12.5. The molecular formula is C34H41Cl2N3O4S. The Morgan fingerprint density at radius 3 is 2.25 bits per heavy atom. The summed E-state index contributed by atoms with van der Waals surface area (Å²) in [5.74, 6) is -0.430. The first-order chi connectivity index (χ1) is 21.0. The molecule has 0 radical (unpaired) electrons. The Labute approximate surface area is 271 Å². The van der Waals surface area contributed by atoms with Gasteiger partial charge in [-0.1, -0.05) is 97.1 Å². The highest BCUT2D eigenvalue weighted by atomic mass is 35.5. The second-order valence-corrected chi connectivity index (χ2v) is 14.3. The van der Waals surface area contributed by atoms with Crippen LogP contribution in [0.5, 0.6) is 0 Å². The molecule has 1 unspecified atom stereocenters. The number of amides is 2. The van der Waals surface area contributed by atoms with Gasteiger partial charge >= 0.3 is 0 Å². The van der Waals surface area contributed by atoms with E-state index in [2.05, 4.69) is 5.32 Å². The van der Waals surface area contributed by atoms with Gasteiger partial charge in [0.05, 0.1) is 22.0 Å². The average Bonchev–Trinajstić information content (AvgIpc) is 2.99. The summed E-state index contributed by atoms with van der Waals surface area (Å²) < 4.78 is 26.8. The van der Waals surface area contributed by atoms with Gasteiger partial charge in [-0.05, 0) is 61.1 Å². The Hall–Kier alpha value is -3.07. The molecule has 1 aliphatic carbocycles. The molecule has 0 aromatic heterocycles. The molecule has 3 aromatic carbocycles. The summed E-state index contributed by atoms with van der Waals surface area (Å²) in [4.78, 5) is 29.7. The summed E-state index contributed by atoms with van der Waals surface area (Å²) in [5, 5.41) is 4.00. The van der Waals surface area contributed by atoms with Crippen LogP contribution in [0.2, 0.25) is 10.0 Å². The van der Waals surface area contributed by atoms with E-state index in [4.69, 9.17) is 23.2 Å². The van der Waals surface area contributed by atoms with Gasteiger partial charge in [0.25, 0.3) is 0 Å². The molecule has 0 saturated heterocycles. The largest absolute Gasteiger partial charge is 0.352 e. The molecule has 7 nitrogen and oxygen atoms in total. The lowest BCUT2D eigenvalue weighted by Crippen LogP contribution is -2.53. The monoisotopic (exact) mass is 657 g/mol. The van der Waals surface area contributed by atoms with E-state index in [-0.39, 0.29) is 43.8 Å². The van der Waals surface area contributed by atoms with Gasteiger partial charge in [0.1, 0.15) is 6.04 Å². The van der Waals surface area contributed by atoms with Crippen LogP contribution in [0.3, 0.4) is 0 Å². The fourth-order valence-electron chi connectivity index (χ4n) is 5.76. The lowest BCUT2D eigenvalue weighted by molar-refractivity contribution is -0.141. The molecule has 236 valence electrons. The quantitative estimate of drug-likeness (QED) is 0.216. The van der Waals surface area contributed by atoms with Crippen molar-refractivity contribution in [3.8, 4) is 0 Å². The van der Waals surface area contributed by atoms with E-state index in [0.717, 1.165) is 48.8 Å². The summed E-state index contributed by atoms with van der Waals surface area (Å²) in [5.41, 5.74) is 3.09. The van der Waals surface area contributed by atoms with E-state index in [0.29, 0.717) is 22.2 Å². The Bertz CT molecular complexity index is 1530. The number of para-hydroxylation sites is 1. The van der Waals surface area contributed by atoms with Crippen LogP contribution in [0.25, 0.3) is 0 Å². The minimum Gasteiger partial charge on any atom is -0.352 e. The van der Waals surface area contributed by atoms with E-state index in [1.54, 1.807) is 35.2 Å². The van der Waals surface area contributed by atoms with Gasteiger partial charge in [-0.15, -0.1) is 0 Å². The van der Waals surface area contributed by atoms with Gasteiger partial charge in [0.2, 0.25) is 21.8 Å². The second kappa shape index (κ2) is 15.8. The highest BCUT2D eigenvalue weighted by molar-refractivity contribution is 7.92. The van der Waals surface area contributed by atoms with Crippen LogP contribution < -0.4 is 9.62 Å². The third-order valence-corrected chi connectivity index (χ3v) is 10.0. The number of anilines is 1. The number of halogens is 2. The molecule has 0 bridgehead atoms. The zero-order valence-electron chi connectivity index (χ0n) is 25.3. The van der Waals surface area contributed by atoms with E-state index >= 15 is 0 Å². The predicted octanol–water partition coefficient (Wildman–Crippen LogP) is 6.94. The molecule has 4 rings (SSSR count). The van der Waals surface area contributed by atoms with Crippen molar-refractivity contribution in [1.29, 1.82) is 0 Å². The zero-order valence-corrected chi connectivity index (χ0v) is 27.7. The van der Waals surface area contributed by atoms with Crippen LogP contribution in [-0.4, -0.2) is 50.0 Å². The maximum Gasteiger partial charge on any atom is 0.243 e. The minimum atomic E-state index is -3.59. The smallest absolute Gasteiger partial charge is 0.243 e. The molecular weight excluding hydrogens is 617 g/mol. The van der Waals surface area contributed by atoms with Crippen molar-refractivity contribution in [2.45, 2.75) is 76.9 Å². The number of hydrogen-bond acceptors (Lipinski definition) is 4. The summed E-state index contributed by atoms with van der Waals surface area (Å²) in [6.45, 7) is 2.14. The van der Waals surface area contributed by atoms with Gasteiger partial charge in [-0.3, -0.25) is 13.9 Å². The lowest BCUT2D eigenvalue weighted by Gasteiger charge is -2.34. The van der Waals surface area contributed by atoms with E-state index in [1.807, 2.05) is 49.4 Å². The molecule has 2 amide bonds. The van der Waals surface area contributed by atoms with Crippen molar-refractivity contribution in [2.24, 2.45) is 0 Å². The average molecular weight is 659 g/mol. The lowest BCUT2D eigenvalue weighted by atomic mass is 9.94. The molecule has 1 fully saturated rings. The van der Waals surface area contributed by atoms with Gasteiger partial charge in [-0.2, -0.15) is 0 Å². The predicted molar refractivity (Wildman–Crippen MR) is 179 cm³/mol. The molecule has 1 saturated carbocycles. The van der Waals surface area contributed by atoms with Crippen LogP contribution in [0.15, 0.2) is 72.8 Å². The molecule has 44 heavy (non-hydrogen) atoms. The molecule has 0 heterocycles. The SMILES string of the molecule is Cc1ccccc1N(CCCC(=O)N(Cc1ccc(Cl)c(Cl)c1)C(Cc1ccccc1)C(=O)NC1CCCCC1)S(C)(=O)=O. The number of sulfonamides is 1. The number of carbonyl (C=O) groups excluding carboxylic acids is 2. The van der Waals surface area contributed by atoms with Crippen LogP contribution in [0.4, 0.5) is 5.69 Å². The standard InChI is InChI=1S/C34H41Cl2N3O4S/c1-25-12-9-10-17-31(25)39(44(2,42)43)21-11-18-33(40)38(24-27-19-20-29(35)30(36)22-27)32(23-26-13-5-3-6-14-26)34(41)37-28-15-7-4-8-16-28/h3,5-6,9-10,12-14,17,19-20,22,28,32H,4,7-8,11,15-16,18,21,23-24H2,1-2H3,(H,37,41). The van der Waals surface area contributed by atoms with Gasteiger partial charge in [-0.25, -0.2) is 8.42 Å². The molecule has 1 N–H and O–H groups in total. The number of aryl methyl sites for hydroxylation is 1. The fraction of sp³-hybridized carbons (Fsp3) is 0.412. The van der Waals surface area contributed by atoms with Crippen LogP contribution >= 0.6 is 23.2 Å². The number of nitrogens with one attached hydrogen (secondary N) is 1. The van der Waals surface area contributed by atoms with Crippen molar-refractivity contribution in [2.75, 3.05) is 17.1 Å². The zero-order chi connectivity index (χ0) is 31.7. The van der Waals surface area contributed by atoms with Crippen molar-refractivity contribution in [3.63, 3.8) is 0 Å². The van der Waals surface area contributed by atoms with Gasteiger partial charge in [0, 0.05) is 32.0 Å². The molecule has 0 aliphatic heterocycles. The first-order valence-corrected chi connectivity index (χ1v) is 17.7. The molecule has 1 atom stereocenters. The normalized spacial score (nSPS) is 14.5. The summed E-state index contributed by atoms with van der Waals surface area (Å²) in [6, 6.07) is 21.4. The number of hydrogen-bond donors (Lipinski definition) is 1. The Kier molecular flexibility index (Phi) is 12.1. The second-order valence-electron chi connectivity index (χ2n) is 11.5. The maximum absolute atomic E-state index is 14.1. The van der Waals surface area contributed by atoms with E-state index < -0.39 is 16.1 Å². The maximum atomic E-state index is 14.1. The number of rotatable bonds is 13. The third kappa shape index (κ3) is 9.46.